The highest BCUT2D eigenvalue weighted by molar-refractivity contribution is 7.72. The first-order valence-electron chi connectivity index (χ1n) is 6.82. The van der Waals surface area contributed by atoms with E-state index in [4.69, 9.17) is 0 Å². The third-order valence-corrected chi connectivity index (χ3v) is 11.7. The summed E-state index contributed by atoms with van der Waals surface area (Å²) < 4.78 is 2.88. The fourth-order valence-electron chi connectivity index (χ4n) is 3.62. The van der Waals surface area contributed by atoms with E-state index in [1.54, 1.807) is 0 Å². The van der Waals surface area contributed by atoms with Crippen LogP contribution in [0.2, 0.25) is 0 Å². The van der Waals surface area contributed by atoms with E-state index < -0.39 is 0 Å². The Morgan fingerprint density at radius 3 is 1.19 bits per heavy atom. The lowest BCUT2D eigenvalue weighted by atomic mass is 10.2. The van der Waals surface area contributed by atoms with Crippen molar-refractivity contribution in [3.63, 3.8) is 0 Å². The summed E-state index contributed by atoms with van der Waals surface area (Å²) in [5, 5.41) is 0. The Kier molecular flexibility index (Phi) is 4.32. The molecule has 2 fully saturated rings. The maximum atomic E-state index is 2.88. The molecule has 2 saturated heterocycles. The molecule has 1 nitrogen and oxygen atoms in total. The molecule has 3 heteroatoms. The normalized spacial score (nSPS) is 42.4. The Morgan fingerprint density at radius 1 is 0.688 bits per heavy atom. The number of nitrogens with zero attached hydrogens (tertiary/aromatic N) is 1. The minimum atomic E-state index is 0.169. The molecule has 4 atom stereocenters. The highest BCUT2D eigenvalue weighted by atomic mass is 31.2. The van der Waals surface area contributed by atoms with Gasteiger partial charge in [0.25, 0.3) is 0 Å². The molecule has 0 saturated carbocycles. The van der Waals surface area contributed by atoms with Crippen LogP contribution in [0.3, 0.4) is 0 Å². The second-order valence-electron chi connectivity index (χ2n) is 5.80. The quantitative estimate of drug-likeness (QED) is 0.640. The van der Waals surface area contributed by atoms with Crippen LogP contribution in [-0.2, 0) is 0 Å². The Bertz CT molecular complexity index is 202. The number of hydrogen-bond acceptors (Lipinski definition) is 1. The van der Waals surface area contributed by atoms with E-state index in [1.165, 1.54) is 25.7 Å². The highest BCUT2D eigenvalue weighted by Gasteiger charge is 2.41. The molecule has 16 heavy (non-hydrogen) atoms. The van der Waals surface area contributed by atoms with E-state index >= 15 is 0 Å². The largest absolute Gasteiger partial charge is 0.262 e. The Morgan fingerprint density at radius 2 is 0.938 bits per heavy atom. The van der Waals surface area contributed by atoms with E-state index in [1.807, 2.05) is 0 Å². The van der Waals surface area contributed by atoms with Crippen LogP contribution in [0.5, 0.6) is 0 Å². The van der Waals surface area contributed by atoms with Gasteiger partial charge in [0.15, 0.2) is 0 Å². The highest BCUT2D eigenvalue weighted by Crippen LogP contribution is 2.70. The van der Waals surface area contributed by atoms with Crippen LogP contribution in [0.4, 0.5) is 0 Å². The van der Waals surface area contributed by atoms with Crippen molar-refractivity contribution < 1.29 is 0 Å². The molecule has 0 spiro atoms. The summed E-state index contributed by atoms with van der Waals surface area (Å²) in [5.74, 6) is 0. The molecule has 2 aliphatic rings. The van der Waals surface area contributed by atoms with Crippen molar-refractivity contribution in [2.75, 3.05) is 7.05 Å². The van der Waals surface area contributed by atoms with Crippen LogP contribution in [0, 0.1) is 0 Å². The molecule has 0 amide bonds. The van der Waals surface area contributed by atoms with Crippen molar-refractivity contribution >= 4 is 16.1 Å². The predicted octanol–water partition coefficient (Wildman–Crippen LogP) is 4.85. The lowest BCUT2D eigenvalue weighted by Crippen LogP contribution is -2.19. The molecule has 2 rings (SSSR count). The third-order valence-electron chi connectivity index (χ3n) is 4.48. The van der Waals surface area contributed by atoms with Gasteiger partial charge in [0.1, 0.15) is 0 Å². The first-order chi connectivity index (χ1) is 7.52. The van der Waals surface area contributed by atoms with Crippen molar-refractivity contribution in [1.29, 1.82) is 0 Å². The van der Waals surface area contributed by atoms with Gasteiger partial charge in [0.05, 0.1) is 0 Å². The molecule has 0 radical (unpaired) electrons. The molecule has 0 aromatic rings. The van der Waals surface area contributed by atoms with Crippen LogP contribution >= 0.6 is 16.1 Å². The summed E-state index contributed by atoms with van der Waals surface area (Å²) in [4.78, 5) is 0. The first-order valence-corrected chi connectivity index (χ1v) is 9.69. The molecular formula is C13H27NP2. The minimum absolute atomic E-state index is 0.169. The zero-order chi connectivity index (χ0) is 11.9. The van der Waals surface area contributed by atoms with Crippen molar-refractivity contribution in [1.82, 2.24) is 4.44 Å². The summed E-state index contributed by atoms with van der Waals surface area (Å²) in [6.07, 6.45) is 5.90. The lowest BCUT2D eigenvalue weighted by Gasteiger charge is -2.39. The maximum absolute atomic E-state index is 2.88. The molecule has 94 valence electrons. The second kappa shape index (κ2) is 5.21. The lowest BCUT2D eigenvalue weighted by molar-refractivity contribution is 0.777. The molecule has 0 N–H and O–H groups in total. The SMILES string of the molecule is C[C@@H]1CC[C@@H](C)P1N(C)P1[C@H](C)CC[C@H]1C. The zero-order valence-corrected chi connectivity index (χ0v) is 13.3. The van der Waals surface area contributed by atoms with E-state index in [-0.39, 0.29) is 16.1 Å². The maximum Gasteiger partial charge on any atom is -0.00527 e. The average molecular weight is 259 g/mol. The summed E-state index contributed by atoms with van der Waals surface area (Å²) in [7, 11) is 2.79. The summed E-state index contributed by atoms with van der Waals surface area (Å²) >= 11 is 0. The molecule has 0 aromatic heterocycles. The molecule has 0 bridgehead atoms. The monoisotopic (exact) mass is 259 g/mol. The molecule has 2 heterocycles. The van der Waals surface area contributed by atoms with E-state index in [9.17, 15) is 0 Å². The minimum Gasteiger partial charge on any atom is -0.262 e. The standard InChI is InChI=1S/C13H27NP2/c1-10-6-7-11(2)15(10)14(5)16-12(3)8-9-13(16)4/h10-13H,6-9H2,1-5H3/t10-,11-,12-,13-/m1/s1. The predicted molar refractivity (Wildman–Crippen MR) is 77.9 cm³/mol. The van der Waals surface area contributed by atoms with Gasteiger partial charge in [-0.1, -0.05) is 27.7 Å². The van der Waals surface area contributed by atoms with Crippen molar-refractivity contribution in [2.45, 2.75) is 76.0 Å². The van der Waals surface area contributed by atoms with E-state index in [0.717, 1.165) is 22.6 Å². The summed E-state index contributed by atoms with van der Waals surface area (Å²) in [5.41, 5.74) is 3.94. The molecule has 0 unspecified atom stereocenters. The van der Waals surface area contributed by atoms with Gasteiger partial charge in [0.2, 0.25) is 0 Å². The van der Waals surface area contributed by atoms with Crippen LogP contribution in [0.25, 0.3) is 0 Å². The van der Waals surface area contributed by atoms with Crippen molar-refractivity contribution in [3.8, 4) is 0 Å². The van der Waals surface area contributed by atoms with Crippen LogP contribution in [-0.4, -0.2) is 34.1 Å². The fourth-order valence-corrected chi connectivity index (χ4v) is 12.4. The molecule has 2 aliphatic heterocycles. The van der Waals surface area contributed by atoms with Gasteiger partial charge in [0, 0.05) is 0 Å². The van der Waals surface area contributed by atoms with Gasteiger partial charge in [-0.2, -0.15) is 0 Å². The second-order valence-corrected chi connectivity index (χ2v) is 12.4. The van der Waals surface area contributed by atoms with Gasteiger partial charge >= 0.3 is 0 Å². The number of rotatable bonds is 2. The van der Waals surface area contributed by atoms with Gasteiger partial charge in [-0.15, -0.1) is 0 Å². The Hall–Kier alpha value is 0.820. The van der Waals surface area contributed by atoms with Crippen LogP contribution in [0.1, 0.15) is 53.4 Å². The fraction of sp³-hybridized carbons (Fsp3) is 1.00. The van der Waals surface area contributed by atoms with E-state index in [0.29, 0.717) is 0 Å². The van der Waals surface area contributed by atoms with Crippen molar-refractivity contribution in [3.05, 3.63) is 0 Å². The van der Waals surface area contributed by atoms with Gasteiger partial charge in [-0.25, -0.2) is 0 Å². The number of hydrogen-bond donors (Lipinski definition) is 0. The Balaban J connectivity index is 2.08. The molecule has 0 aromatic carbocycles. The first kappa shape index (κ1) is 13.3. The summed E-state index contributed by atoms with van der Waals surface area (Å²) in [6.45, 7) is 9.97. The van der Waals surface area contributed by atoms with Crippen LogP contribution in [0.15, 0.2) is 0 Å². The van der Waals surface area contributed by atoms with Crippen LogP contribution < -0.4 is 0 Å². The average Bonchev–Trinajstić information content (AvgIpc) is 2.71. The van der Waals surface area contributed by atoms with E-state index in [2.05, 4.69) is 39.2 Å². The van der Waals surface area contributed by atoms with Crippen molar-refractivity contribution in [2.24, 2.45) is 0 Å². The smallest absolute Gasteiger partial charge is 0.00527 e. The van der Waals surface area contributed by atoms with Gasteiger partial charge in [-0.3, -0.25) is 4.44 Å². The third kappa shape index (κ3) is 2.33. The molecule has 0 aliphatic carbocycles. The van der Waals surface area contributed by atoms with Gasteiger partial charge < -0.3 is 0 Å². The summed E-state index contributed by atoms with van der Waals surface area (Å²) in [6, 6.07) is 0. The topological polar surface area (TPSA) is 3.24 Å². The van der Waals surface area contributed by atoms with Gasteiger partial charge in [-0.05, 0) is 71.5 Å². The molecular weight excluding hydrogens is 232 g/mol. The zero-order valence-electron chi connectivity index (χ0n) is 11.5. The Labute approximate surface area is 104 Å².